The van der Waals surface area contributed by atoms with Crippen LogP contribution in [0.1, 0.15) is 30.0 Å². The van der Waals surface area contributed by atoms with Gasteiger partial charge in [-0.05, 0) is 30.7 Å². The number of halogens is 5. The summed E-state index contributed by atoms with van der Waals surface area (Å²) in [5.41, 5.74) is -0.149. The zero-order valence-corrected chi connectivity index (χ0v) is 18.7. The van der Waals surface area contributed by atoms with E-state index in [0.717, 1.165) is 12.1 Å². The molecule has 3 aromatic rings. The normalized spacial score (nSPS) is 12.6. The molecule has 0 spiro atoms. The van der Waals surface area contributed by atoms with Crippen LogP contribution in [0.3, 0.4) is 0 Å². The zero-order chi connectivity index (χ0) is 22.6. The molecule has 31 heavy (non-hydrogen) atoms. The van der Waals surface area contributed by atoms with Gasteiger partial charge in [-0.3, -0.25) is 4.57 Å². The second-order valence-corrected chi connectivity index (χ2v) is 8.35. The van der Waals surface area contributed by atoms with Gasteiger partial charge in [0.15, 0.2) is 17.1 Å². The highest BCUT2D eigenvalue weighted by molar-refractivity contribution is 7.98. The zero-order valence-electron chi connectivity index (χ0n) is 16.4. The molecule has 164 valence electrons. The lowest BCUT2D eigenvalue weighted by atomic mass is 10.1. The summed E-state index contributed by atoms with van der Waals surface area (Å²) in [6, 6.07) is 10.1. The van der Waals surface area contributed by atoms with Gasteiger partial charge < -0.3 is 4.74 Å². The molecular weight excluding hydrogens is 470 g/mol. The standard InChI is InChI=1S/C21H18Cl2F3N3OS/c1-3-9-29-19(13(2)30-18-11-16(22)7-8-17(18)23)27-28-20(29)31-12-14-5-4-6-15(10-14)21(24,25)26/h3-8,10-11,13H,1,9,12H2,2H3. The molecule has 3 rings (SSSR count). The summed E-state index contributed by atoms with van der Waals surface area (Å²) in [4.78, 5) is 0. The molecule has 0 aliphatic carbocycles. The van der Waals surface area contributed by atoms with Crippen LogP contribution in [0.25, 0.3) is 0 Å². The van der Waals surface area contributed by atoms with Crippen molar-refractivity contribution in [3.8, 4) is 5.75 Å². The lowest BCUT2D eigenvalue weighted by molar-refractivity contribution is -0.137. The van der Waals surface area contributed by atoms with Crippen molar-refractivity contribution in [3.05, 3.63) is 82.1 Å². The lowest BCUT2D eigenvalue weighted by Crippen LogP contribution is -2.12. The van der Waals surface area contributed by atoms with Crippen molar-refractivity contribution in [2.24, 2.45) is 0 Å². The minimum absolute atomic E-state index is 0.300. The molecule has 1 aromatic heterocycles. The molecule has 1 unspecified atom stereocenters. The topological polar surface area (TPSA) is 39.9 Å². The molecule has 0 saturated heterocycles. The van der Waals surface area contributed by atoms with Crippen LogP contribution in [0, 0.1) is 0 Å². The van der Waals surface area contributed by atoms with E-state index in [1.54, 1.807) is 41.8 Å². The summed E-state index contributed by atoms with van der Waals surface area (Å²) in [5, 5.41) is 9.84. The lowest BCUT2D eigenvalue weighted by Gasteiger charge is -2.16. The van der Waals surface area contributed by atoms with E-state index in [2.05, 4.69) is 16.8 Å². The van der Waals surface area contributed by atoms with Crippen LogP contribution in [0.5, 0.6) is 5.75 Å². The van der Waals surface area contributed by atoms with Gasteiger partial charge in [0.05, 0.1) is 10.6 Å². The number of hydrogen-bond acceptors (Lipinski definition) is 4. The smallest absolute Gasteiger partial charge is 0.416 e. The summed E-state index contributed by atoms with van der Waals surface area (Å²) >= 11 is 13.5. The minimum Gasteiger partial charge on any atom is -0.481 e. The number of ether oxygens (including phenoxy) is 1. The van der Waals surface area contributed by atoms with E-state index in [1.807, 2.05) is 0 Å². The van der Waals surface area contributed by atoms with Gasteiger partial charge in [-0.15, -0.1) is 16.8 Å². The number of benzene rings is 2. The van der Waals surface area contributed by atoms with E-state index < -0.39 is 17.8 Å². The third kappa shape index (κ3) is 5.96. The predicted octanol–water partition coefficient (Wildman–Crippen LogP) is 7.22. The number of alkyl halides is 3. The van der Waals surface area contributed by atoms with Crippen LogP contribution in [0.4, 0.5) is 13.2 Å². The second-order valence-electron chi connectivity index (χ2n) is 6.56. The monoisotopic (exact) mass is 487 g/mol. The highest BCUT2D eigenvalue weighted by atomic mass is 35.5. The Hall–Kier alpha value is -2.16. The first-order chi connectivity index (χ1) is 14.7. The molecule has 0 aliphatic heterocycles. The van der Waals surface area contributed by atoms with E-state index in [9.17, 15) is 13.2 Å². The first-order valence-electron chi connectivity index (χ1n) is 9.13. The highest BCUT2D eigenvalue weighted by Crippen LogP contribution is 2.33. The second kappa shape index (κ2) is 9.97. The Morgan fingerprint density at radius 3 is 2.68 bits per heavy atom. The molecule has 0 bridgehead atoms. The molecule has 10 heteroatoms. The quantitative estimate of drug-likeness (QED) is 0.248. The van der Waals surface area contributed by atoms with Gasteiger partial charge in [0.1, 0.15) is 5.75 Å². The van der Waals surface area contributed by atoms with Crippen molar-refractivity contribution in [2.45, 2.75) is 36.7 Å². The maximum Gasteiger partial charge on any atom is 0.416 e. The number of nitrogens with zero attached hydrogens (tertiary/aromatic N) is 3. The Morgan fingerprint density at radius 1 is 1.19 bits per heavy atom. The molecule has 4 nitrogen and oxygen atoms in total. The summed E-state index contributed by atoms with van der Waals surface area (Å²) in [6.45, 7) is 5.95. The van der Waals surface area contributed by atoms with Gasteiger partial charge in [-0.2, -0.15) is 13.2 Å². The maximum absolute atomic E-state index is 12.9. The van der Waals surface area contributed by atoms with Crippen LogP contribution < -0.4 is 4.74 Å². The van der Waals surface area contributed by atoms with Crippen LogP contribution in [-0.4, -0.2) is 14.8 Å². The fourth-order valence-corrected chi connectivity index (χ4v) is 4.03. The van der Waals surface area contributed by atoms with Crippen molar-refractivity contribution >= 4 is 35.0 Å². The van der Waals surface area contributed by atoms with Crippen LogP contribution >= 0.6 is 35.0 Å². The first-order valence-corrected chi connectivity index (χ1v) is 10.9. The van der Waals surface area contributed by atoms with Gasteiger partial charge >= 0.3 is 6.18 Å². The van der Waals surface area contributed by atoms with E-state index in [4.69, 9.17) is 27.9 Å². The molecule has 0 fully saturated rings. The van der Waals surface area contributed by atoms with Gasteiger partial charge in [0, 0.05) is 23.4 Å². The van der Waals surface area contributed by atoms with Crippen molar-refractivity contribution < 1.29 is 17.9 Å². The number of aromatic nitrogens is 3. The fraction of sp³-hybridized carbons (Fsp3) is 0.238. The van der Waals surface area contributed by atoms with E-state index >= 15 is 0 Å². The highest BCUT2D eigenvalue weighted by Gasteiger charge is 2.30. The van der Waals surface area contributed by atoms with Gasteiger partial charge in [-0.25, -0.2) is 0 Å². The minimum atomic E-state index is -4.38. The SMILES string of the molecule is C=CCn1c(SCc2cccc(C(F)(F)F)c2)nnc1C(C)Oc1cc(Cl)ccc1Cl. The molecule has 1 heterocycles. The van der Waals surface area contributed by atoms with E-state index in [1.165, 1.54) is 17.8 Å². The van der Waals surface area contributed by atoms with Gasteiger partial charge in [-0.1, -0.05) is 59.2 Å². The summed E-state index contributed by atoms with van der Waals surface area (Å²) < 4.78 is 46.6. The molecule has 0 N–H and O–H groups in total. The van der Waals surface area contributed by atoms with Crippen LogP contribution in [0.15, 0.2) is 60.3 Å². The fourth-order valence-electron chi connectivity index (χ4n) is 2.80. The molecule has 0 amide bonds. The average Bonchev–Trinajstić information content (AvgIpc) is 3.12. The third-order valence-electron chi connectivity index (χ3n) is 4.24. The Labute approximate surface area is 192 Å². The van der Waals surface area contributed by atoms with Gasteiger partial charge in [0.2, 0.25) is 0 Å². The number of thioether (sulfide) groups is 1. The number of allylic oxidation sites excluding steroid dienone is 1. The summed E-state index contributed by atoms with van der Waals surface area (Å²) in [6.07, 6.45) is -3.21. The molecule has 2 aromatic carbocycles. The first kappa shape index (κ1) is 23.5. The van der Waals surface area contributed by atoms with Crippen molar-refractivity contribution in [1.29, 1.82) is 0 Å². The van der Waals surface area contributed by atoms with Crippen molar-refractivity contribution in [1.82, 2.24) is 14.8 Å². The van der Waals surface area contributed by atoms with Crippen LogP contribution in [-0.2, 0) is 18.5 Å². The Morgan fingerprint density at radius 2 is 1.97 bits per heavy atom. The Kier molecular flexibility index (Phi) is 7.56. The number of hydrogen-bond donors (Lipinski definition) is 0. The summed E-state index contributed by atoms with van der Waals surface area (Å²) in [7, 11) is 0. The summed E-state index contributed by atoms with van der Waals surface area (Å²) in [5.74, 6) is 1.24. The largest absolute Gasteiger partial charge is 0.481 e. The number of rotatable bonds is 8. The van der Waals surface area contributed by atoms with Crippen molar-refractivity contribution in [3.63, 3.8) is 0 Å². The average molecular weight is 488 g/mol. The molecule has 0 saturated carbocycles. The maximum atomic E-state index is 12.9. The van der Waals surface area contributed by atoms with Gasteiger partial charge in [0.25, 0.3) is 0 Å². The Bertz CT molecular complexity index is 1070. The molecule has 0 radical (unpaired) electrons. The molecule has 0 aliphatic rings. The van der Waals surface area contributed by atoms with Crippen LogP contribution in [0.2, 0.25) is 10.0 Å². The van der Waals surface area contributed by atoms with Crippen molar-refractivity contribution in [2.75, 3.05) is 0 Å². The van der Waals surface area contributed by atoms with E-state index in [0.29, 0.717) is 44.6 Å². The predicted molar refractivity (Wildman–Crippen MR) is 117 cm³/mol. The van der Waals surface area contributed by atoms with E-state index in [-0.39, 0.29) is 0 Å². The Balaban J connectivity index is 1.79. The molecule has 1 atom stereocenters. The third-order valence-corrected chi connectivity index (χ3v) is 5.83. The molecular formula is C21H18Cl2F3N3OS.